The second kappa shape index (κ2) is 8.79. The van der Waals surface area contributed by atoms with Crippen LogP contribution in [0.2, 0.25) is 0 Å². The highest BCUT2D eigenvalue weighted by Gasteiger charge is 2.22. The molecule has 2 heterocycles. The van der Waals surface area contributed by atoms with Crippen molar-refractivity contribution in [2.45, 2.75) is 33.1 Å². The number of carbonyl (C=O) groups is 1. The molecule has 0 atom stereocenters. The number of nitrogens with one attached hydrogen (secondary N) is 1. The van der Waals surface area contributed by atoms with Crippen LogP contribution in [-0.2, 0) is 6.42 Å². The molecule has 0 aliphatic carbocycles. The summed E-state index contributed by atoms with van der Waals surface area (Å²) in [6.07, 6.45) is 5.07. The van der Waals surface area contributed by atoms with E-state index in [1.807, 2.05) is 0 Å². The van der Waals surface area contributed by atoms with E-state index in [9.17, 15) is 4.79 Å². The maximum atomic E-state index is 12.2. The average Bonchev–Trinajstić information content (AvgIpc) is 2.67. The van der Waals surface area contributed by atoms with E-state index in [2.05, 4.69) is 64.4 Å². The van der Waals surface area contributed by atoms with Gasteiger partial charge in [0.2, 0.25) is 5.95 Å². The molecule has 1 aliphatic rings. The van der Waals surface area contributed by atoms with E-state index in [1.165, 1.54) is 5.56 Å². The molecule has 0 radical (unpaired) electrons. The van der Waals surface area contributed by atoms with E-state index in [0.29, 0.717) is 30.0 Å². The first-order valence-corrected chi connectivity index (χ1v) is 9.52. The maximum Gasteiger partial charge on any atom is 0.270 e. The van der Waals surface area contributed by atoms with Gasteiger partial charge in [0.15, 0.2) is 0 Å². The van der Waals surface area contributed by atoms with E-state index in [0.717, 1.165) is 32.4 Å². The van der Waals surface area contributed by atoms with Gasteiger partial charge in [-0.05, 0) is 42.7 Å². The molecule has 1 aromatic heterocycles. The lowest BCUT2D eigenvalue weighted by atomic mass is 9.90. The molecule has 0 spiro atoms. The monoisotopic (exact) mass is 352 g/mol. The van der Waals surface area contributed by atoms with E-state index < -0.39 is 0 Å². The van der Waals surface area contributed by atoms with Crippen LogP contribution < -0.4 is 10.2 Å². The zero-order chi connectivity index (χ0) is 18.4. The fourth-order valence-electron chi connectivity index (χ4n) is 3.30. The lowest BCUT2D eigenvalue weighted by Gasteiger charge is -2.32. The summed E-state index contributed by atoms with van der Waals surface area (Å²) in [6.45, 7) is 6.68. The standard InChI is InChI=1S/C21H28N4O/c1-16(2)15-23-20(26)19-8-11-22-21(24-19)25-12-9-18(10-13-25)14-17-6-4-3-5-7-17/h3-8,11,16,18H,9-10,12-15H2,1-2H3,(H,23,26). The molecule has 1 saturated heterocycles. The predicted octanol–water partition coefficient (Wildman–Crippen LogP) is 3.32. The summed E-state index contributed by atoms with van der Waals surface area (Å²) in [7, 11) is 0. The highest BCUT2D eigenvalue weighted by Crippen LogP contribution is 2.23. The molecule has 1 N–H and O–H groups in total. The third-order valence-corrected chi connectivity index (χ3v) is 4.81. The summed E-state index contributed by atoms with van der Waals surface area (Å²) < 4.78 is 0. The molecule has 5 nitrogen and oxygen atoms in total. The number of hydrogen-bond acceptors (Lipinski definition) is 4. The fraction of sp³-hybridized carbons (Fsp3) is 0.476. The van der Waals surface area contributed by atoms with Crippen LogP contribution in [0.1, 0.15) is 42.7 Å². The van der Waals surface area contributed by atoms with Crippen LogP contribution in [-0.4, -0.2) is 35.5 Å². The molecule has 0 saturated carbocycles. The van der Waals surface area contributed by atoms with Gasteiger partial charge in [-0.2, -0.15) is 0 Å². The Balaban J connectivity index is 1.56. The Morgan fingerprint density at radius 2 is 1.92 bits per heavy atom. The van der Waals surface area contributed by atoms with E-state index in [1.54, 1.807) is 12.3 Å². The van der Waals surface area contributed by atoms with Crippen molar-refractivity contribution in [2.24, 2.45) is 11.8 Å². The number of rotatable bonds is 6. The van der Waals surface area contributed by atoms with Gasteiger partial charge in [0, 0.05) is 25.8 Å². The number of piperidine rings is 1. The Labute approximate surface area is 155 Å². The molecule has 1 aliphatic heterocycles. The molecule has 3 rings (SSSR count). The number of aromatic nitrogens is 2. The molecule has 0 unspecified atom stereocenters. The van der Waals surface area contributed by atoms with Crippen LogP contribution in [0.3, 0.4) is 0 Å². The summed E-state index contributed by atoms with van der Waals surface area (Å²) in [4.78, 5) is 23.3. The summed E-state index contributed by atoms with van der Waals surface area (Å²) >= 11 is 0. The van der Waals surface area contributed by atoms with Crippen molar-refractivity contribution in [3.63, 3.8) is 0 Å². The predicted molar refractivity (Wildman–Crippen MR) is 104 cm³/mol. The molecule has 138 valence electrons. The summed E-state index contributed by atoms with van der Waals surface area (Å²) in [5.74, 6) is 1.66. The van der Waals surface area contributed by atoms with Gasteiger partial charge in [0.05, 0.1) is 0 Å². The largest absolute Gasteiger partial charge is 0.350 e. The van der Waals surface area contributed by atoms with Crippen LogP contribution in [0, 0.1) is 11.8 Å². The van der Waals surface area contributed by atoms with Gasteiger partial charge in [0.25, 0.3) is 5.91 Å². The Morgan fingerprint density at radius 1 is 1.19 bits per heavy atom. The van der Waals surface area contributed by atoms with Crippen LogP contribution in [0.15, 0.2) is 42.6 Å². The minimum absolute atomic E-state index is 0.124. The lowest BCUT2D eigenvalue weighted by Crippen LogP contribution is -2.36. The van der Waals surface area contributed by atoms with Crippen LogP contribution >= 0.6 is 0 Å². The second-order valence-electron chi connectivity index (χ2n) is 7.47. The summed E-state index contributed by atoms with van der Waals surface area (Å²) in [5.41, 5.74) is 1.85. The van der Waals surface area contributed by atoms with Gasteiger partial charge >= 0.3 is 0 Å². The molecule has 0 bridgehead atoms. The third-order valence-electron chi connectivity index (χ3n) is 4.81. The van der Waals surface area contributed by atoms with Crippen molar-refractivity contribution < 1.29 is 4.79 Å². The minimum Gasteiger partial charge on any atom is -0.350 e. The Bertz CT molecular complexity index is 709. The minimum atomic E-state index is -0.124. The van der Waals surface area contributed by atoms with Crippen molar-refractivity contribution in [2.75, 3.05) is 24.5 Å². The van der Waals surface area contributed by atoms with Crippen molar-refractivity contribution in [1.82, 2.24) is 15.3 Å². The SMILES string of the molecule is CC(C)CNC(=O)c1ccnc(N2CCC(Cc3ccccc3)CC2)n1. The highest BCUT2D eigenvalue weighted by molar-refractivity contribution is 5.92. The molecule has 5 heteroatoms. The lowest BCUT2D eigenvalue weighted by molar-refractivity contribution is 0.0944. The average molecular weight is 352 g/mol. The number of nitrogens with zero attached hydrogens (tertiary/aromatic N) is 3. The van der Waals surface area contributed by atoms with E-state index >= 15 is 0 Å². The number of anilines is 1. The summed E-state index contributed by atoms with van der Waals surface area (Å²) in [6, 6.07) is 12.4. The molecular formula is C21H28N4O. The van der Waals surface area contributed by atoms with Gasteiger partial charge in [-0.3, -0.25) is 4.79 Å². The third kappa shape index (κ3) is 5.04. The molecule has 1 amide bonds. The topological polar surface area (TPSA) is 58.1 Å². The molecule has 26 heavy (non-hydrogen) atoms. The van der Waals surface area contributed by atoms with Gasteiger partial charge in [-0.25, -0.2) is 9.97 Å². The van der Waals surface area contributed by atoms with Crippen molar-refractivity contribution in [3.05, 3.63) is 53.9 Å². The van der Waals surface area contributed by atoms with Gasteiger partial charge < -0.3 is 10.2 Å². The number of hydrogen-bond donors (Lipinski definition) is 1. The number of amides is 1. The van der Waals surface area contributed by atoms with Crippen molar-refractivity contribution in [1.29, 1.82) is 0 Å². The van der Waals surface area contributed by atoms with E-state index in [4.69, 9.17) is 0 Å². The molecule has 2 aromatic rings. The molecule has 1 aromatic carbocycles. The quantitative estimate of drug-likeness (QED) is 0.866. The fourth-order valence-corrected chi connectivity index (χ4v) is 3.30. The number of carbonyl (C=O) groups excluding carboxylic acids is 1. The van der Waals surface area contributed by atoms with E-state index in [-0.39, 0.29) is 5.91 Å². The van der Waals surface area contributed by atoms with Gasteiger partial charge in [0.1, 0.15) is 5.69 Å². The van der Waals surface area contributed by atoms with Crippen LogP contribution in [0.4, 0.5) is 5.95 Å². The maximum absolute atomic E-state index is 12.2. The first kappa shape index (κ1) is 18.4. The Hall–Kier alpha value is -2.43. The zero-order valence-corrected chi connectivity index (χ0v) is 15.7. The van der Waals surface area contributed by atoms with Crippen molar-refractivity contribution in [3.8, 4) is 0 Å². The zero-order valence-electron chi connectivity index (χ0n) is 15.7. The number of benzene rings is 1. The van der Waals surface area contributed by atoms with Gasteiger partial charge in [-0.15, -0.1) is 0 Å². The molecular weight excluding hydrogens is 324 g/mol. The Kier molecular flexibility index (Phi) is 6.21. The smallest absolute Gasteiger partial charge is 0.270 e. The van der Waals surface area contributed by atoms with Crippen LogP contribution in [0.25, 0.3) is 0 Å². The summed E-state index contributed by atoms with van der Waals surface area (Å²) in [5, 5.41) is 2.92. The normalized spacial score (nSPS) is 15.3. The first-order chi connectivity index (χ1) is 12.6. The first-order valence-electron chi connectivity index (χ1n) is 9.52. The second-order valence-corrected chi connectivity index (χ2v) is 7.47. The Morgan fingerprint density at radius 3 is 2.62 bits per heavy atom. The highest BCUT2D eigenvalue weighted by atomic mass is 16.1. The van der Waals surface area contributed by atoms with Gasteiger partial charge in [-0.1, -0.05) is 44.2 Å². The van der Waals surface area contributed by atoms with Crippen molar-refractivity contribution >= 4 is 11.9 Å². The molecule has 1 fully saturated rings. The van der Waals surface area contributed by atoms with Crippen LogP contribution in [0.5, 0.6) is 0 Å².